The molecule has 1 N–H and O–H groups in total. The first-order chi connectivity index (χ1) is 9.80. The molecule has 7 nitrogen and oxygen atoms in total. The van der Waals surface area contributed by atoms with E-state index < -0.39 is 11.7 Å². The van der Waals surface area contributed by atoms with E-state index in [0.717, 1.165) is 12.1 Å². The van der Waals surface area contributed by atoms with E-state index in [4.69, 9.17) is 4.74 Å². The fourth-order valence-corrected chi connectivity index (χ4v) is 1.94. The molecule has 0 aromatic carbocycles. The van der Waals surface area contributed by atoms with E-state index in [1.807, 2.05) is 0 Å². The Morgan fingerprint density at radius 3 is 2.52 bits per heavy atom. The van der Waals surface area contributed by atoms with Crippen molar-refractivity contribution in [2.75, 3.05) is 12.4 Å². The molecule has 0 spiro atoms. The van der Waals surface area contributed by atoms with Crippen LogP contribution >= 0.6 is 0 Å². The number of nitrogens with zero attached hydrogens (tertiary/aromatic N) is 2. The summed E-state index contributed by atoms with van der Waals surface area (Å²) in [4.78, 5) is 31.3. The first kappa shape index (κ1) is 15.2. The summed E-state index contributed by atoms with van der Waals surface area (Å²) in [5.41, 5.74) is 0.152. The van der Waals surface area contributed by atoms with E-state index in [0.29, 0.717) is 5.82 Å². The molecule has 1 aromatic heterocycles. The Morgan fingerprint density at radius 2 is 2.00 bits per heavy atom. The number of anilines is 1. The monoisotopic (exact) mass is 293 g/mol. The van der Waals surface area contributed by atoms with Crippen LogP contribution in [0.15, 0.2) is 12.4 Å². The predicted molar refractivity (Wildman–Crippen MR) is 74.8 cm³/mol. The van der Waals surface area contributed by atoms with Crippen LogP contribution in [0.2, 0.25) is 0 Å². The zero-order chi connectivity index (χ0) is 15.6. The van der Waals surface area contributed by atoms with E-state index in [1.165, 1.54) is 13.3 Å². The van der Waals surface area contributed by atoms with Crippen LogP contribution in [0.5, 0.6) is 0 Å². The summed E-state index contributed by atoms with van der Waals surface area (Å²) in [7, 11) is 1.37. The van der Waals surface area contributed by atoms with Gasteiger partial charge in [0.1, 0.15) is 5.60 Å². The van der Waals surface area contributed by atoms with Crippen LogP contribution in [0.4, 0.5) is 10.6 Å². The average Bonchev–Trinajstić information content (AvgIpc) is 3.16. The van der Waals surface area contributed by atoms with Gasteiger partial charge in [-0.15, -0.1) is 0 Å². The zero-order valence-corrected chi connectivity index (χ0v) is 12.5. The van der Waals surface area contributed by atoms with Crippen molar-refractivity contribution in [1.29, 1.82) is 0 Å². The molecule has 0 radical (unpaired) electrons. The quantitative estimate of drug-likeness (QED) is 0.858. The van der Waals surface area contributed by atoms with Gasteiger partial charge in [0.15, 0.2) is 5.82 Å². The summed E-state index contributed by atoms with van der Waals surface area (Å²) >= 11 is 0. The predicted octanol–water partition coefficient (Wildman–Crippen LogP) is 2.10. The van der Waals surface area contributed by atoms with Gasteiger partial charge >= 0.3 is 12.1 Å². The minimum atomic E-state index is -0.580. The highest BCUT2D eigenvalue weighted by Crippen LogP contribution is 2.47. The Bertz CT molecular complexity index is 536. The van der Waals surface area contributed by atoms with Gasteiger partial charge in [-0.2, -0.15) is 0 Å². The van der Waals surface area contributed by atoms with Gasteiger partial charge in [-0.05, 0) is 27.2 Å². The number of amides is 1. The van der Waals surface area contributed by atoms with Crippen molar-refractivity contribution >= 4 is 17.9 Å². The molecule has 2 atom stereocenters. The minimum absolute atomic E-state index is 0.0560. The summed E-state index contributed by atoms with van der Waals surface area (Å²) in [6.45, 7) is 5.34. The lowest BCUT2D eigenvalue weighted by molar-refractivity contribution is -0.142. The standard InChI is InChI=1S/C14H19N3O4/c1-14(2,3)21-13(19)17-11-7-15-10(6-16-11)8-5-9(8)12(18)20-4/h6-9H,5H2,1-4H3,(H,16,17,19)/t8-,9-/m1/s1. The second-order valence-electron chi connectivity index (χ2n) is 5.93. The Kier molecular flexibility index (Phi) is 4.11. The van der Waals surface area contributed by atoms with Crippen LogP contribution in [-0.2, 0) is 14.3 Å². The zero-order valence-electron chi connectivity index (χ0n) is 12.5. The van der Waals surface area contributed by atoms with Crippen LogP contribution in [-0.4, -0.2) is 34.7 Å². The number of carbonyl (C=O) groups excluding carboxylic acids is 2. The van der Waals surface area contributed by atoms with Gasteiger partial charge in [0.05, 0.1) is 31.1 Å². The third-order valence-corrected chi connectivity index (χ3v) is 2.98. The molecule has 7 heteroatoms. The van der Waals surface area contributed by atoms with E-state index in [9.17, 15) is 9.59 Å². The minimum Gasteiger partial charge on any atom is -0.469 e. The maximum absolute atomic E-state index is 11.6. The number of ether oxygens (including phenoxy) is 2. The first-order valence-corrected chi connectivity index (χ1v) is 6.70. The number of esters is 1. The van der Waals surface area contributed by atoms with E-state index in [-0.39, 0.29) is 17.8 Å². The SMILES string of the molecule is COC(=O)[C@@H]1C[C@H]1c1cnc(NC(=O)OC(C)(C)C)cn1. The molecule has 0 aliphatic heterocycles. The number of nitrogens with one attached hydrogen (secondary N) is 1. The molecule has 1 saturated carbocycles. The number of hydrogen-bond donors (Lipinski definition) is 1. The lowest BCUT2D eigenvalue weighted by Gasteiger charge is -2.19. The Hall–Kier alpha value is -2.18. The highest BCUT2D eigenvalue weighted by molar-refractivity contribution is 5.83. The van der Waals surface area contributed by atoms with Gasteiger partial charge in [-0.25, -0.2) is 9.78 Å². The largest absolute Gasteiger partial charge is 0.469 e. The molecule has 0 saturated heterocycles. The molecular weight excluding hydrogens is 274 g/mol. The summed E-state index contributed by atoms with van der Waals surface area (Å²) < 4.78 is 9.80. The lowest BCUT2D eigenvalue weighted by atomic mass is 10.2. The van der Waals surface area contributed by atoms with Crippen LogP contribution in [0, 0.1) is 5.92 Å². The second kappa shape index (κ2) is 5.67. The lowest BCUT2D eigenvalue weighted by Crippen LogP contribution is -2.27. The van der Waals surface area contributed by atoms with Crippen molar-refractivity contribution in [3.8, 4) is 0 Å². The summed E-state index contributed by atoms with van der Waals surface area (Å²) in [6.07, 6.45) is 3.15. The molecule has 1 fully saturated rings. The van der Waals surface area contributed by atoms with Crippen molar-refractivity contribution in [2.24, 2.45) is 5.92 Å². The normalized spacial score (nSPS) is 20.6. The Balaban J connectivity index is 1.91. The highest BCUT2D eigenvalue weighted by atomic mass is 16.6. The molecule has 1 aliphatic carbocycles. The van der Waals surface area contributed by atoms with Gasteiger partial charge in [-0.1, -0.05) is 0 Å². The van der Waals surface area contributed by atoms with Crippen LogP contribution in [0.1, 0.15) is 38.8 Å². The molecule has 0 unspecified atom stereocenters. The number of carbonyl (C=O) groups is 2. The molecule has 2 rings (SSSR count). The van der Waals surface area contributed by atoms with Crippen molar-refractivity contribution in [2.45, 2.75) is 38.7 Å². The van der Waals surface area contributed by atoms with Crippen LogP contribution in [0.3, 0.4) is 0 Å². The van der Waals surface area contributed by atoms with Crippen molar-refractivity contribution in [3.05, 3.63) is 18.1 Å². The van der Waals surface area contributed by atoms with Crippen LogP contribution < -0.4 is 5.32 Å². The maximum Gasteiger partial charge on any atom is 0.413 e. The van der Waals surface area contributed by atoms with E-state index >= 15 is 0 Å². The number of rotatable bonds is 3. The molecular formula is C14H19N3O4. The van der Waals surface area contributed by atoms with Gasteiger partial charge in [-0.3, -0.25) is 15.1 Å². The molecule has 1 aliphatic rings. The second-order valence-corrected chi connectivity index (χ2v) is 5.93. The number of hydrogen-bond acceptors (Lipinski definition) is 6. The third kappa shape index (κ3) is 4.14. The van der Waals surface area contributed by atoms with Crippen molar-refractivity contribution < 1.29 is 19.1 Å². The van der Waals surface area contributed by atoms with E-state index in [2.05, 4.69) is 20.0 Å². The van der Waals surface area contributed by atoms with Gasteiger partial charge in [0.2, 0.25) is 0 Å². The van der Waals surface area contributed by atoms with Crippen molar-refractivity contribution in [1.82, 2.24) is 9.97 Å². The highest BCUT2D eigenvalue weighted by Gasteiger charge is 2.46. The average molecular weight is 293 g/mol. The van der Waals surface area contributed by atoms with Gasteiger partial charge in [0, 0.05) is 5.92 Å². The smallest absolute Gasteiger partial charge is 0.413 e. The Morgan fingerprint density at radius 1 is 1.29 bits per heavy atom. The van der Waals surface area contributed by atoms with Gasteiger partial charge in [0.25, 0.3) is 0 Å². The first-order valence-electron chi connectivity index (χ1n) is 6.70. The number of aromatic nitrogens is 2. The fraction of sp³-hybridized carbons (Fsp3) is 0.571. The molecule has 1 aromatic rings. The molecule has 114 valence electrons. The third-order valence-electron chi connectivity index (χ3n) is 2.98. The van der Waals surface area contributed by atoms with E-state index in [1.54, 1.807) is 27.0 Å². The van der Waals surface area contributed by atoms with Gasteiger partial charge < -0.3 is 9.47 Å². The fourth-order valence-electron chi connectivity index (χ4n) is 1.94. The Labute approximate surface area is 123 Å². The summed E-state index contributed by atoms with van der Waals surface area (Å²) in [6, 6.07) is 0. The van der Waals surface area contributed by atoms with Crippen molar-refractivity contribution in [3.63, 3.8) is 0 Å². The number of methoxy groups -OCH3 is 1. The van der Waals surface area contributed by atoms with Crippen LogP contribution in [0.25, 0.3) is 0 Å². The summed E-state index contributed by atoms with van der Waals surface area (Å²) in [5, 5.41) is 2.50. The topological polar surface area (TPSA) is 90.4 Å². The summed E-state index contributed by atoms with van der Waals surface area (Å²) in [5.74, 6) is 0.00974. The molecule has 1 heterocycles. The molecule has 21 heavy (non-hydrogen) atoms. The molecule has 0 bridgehead atoms. The maximum atomic E-state index is 11.6. The molecule has 1 amide bonds.